The van der Waals surface area contributed by atoms with Gasteiger partial charge in [-0.15, -0.1) is 11.6 Å². The summed E-state index contributed by atoms with van der Waals surface area (Å²) < 4.78 is 5.61. The number of halogens is 1. The molecule has 1 aromatic heterocycles. The molecule has 0 aliphatic heterocycles. The molecule has 2 atom stereocenters. The minimum atomic E-state index is -0.0876. The maximum absolute atomic E-state index is 6.23. The average molecular weight is 298 g/mol. The molecular formula is C15H24ClN3O. The van der Waals surface area contributed by atoms with Crippen molar-refractivity contribution in [1.82, 2.24) is 9.97 Å². The molecule has 2 rings (SSSR count). The molecule has 1 aliphatic rings. The molecule has 0 spiro atoms. The Hall–Kier alpha value is -1.03. The van der Waals surface area contributed by atoms with Gasteiger partial charge in [-0.3, -0.25) is 0 Å². The molecule has 20 heavy (non-hydrogen) atoms. The number of aromatic nitrogens is 2. The van der Waals surface area contributed by atoms with Crippen LogP contribution in [0.5, 0.6) is 5.88 Å². The van der Waals surface area contributed by atoms with E-state index in [-0.39, 0.29) is 11.6 Å². The minimum absolute atomic E-state index is 0.0876. The molecule has 1 aromatic rings. The zero-order valence-electron chi connectivity index (χ0n) is 12.5. The van der Waals surface area contributed by atoms with Crippen molar-refractivity contribution >= 4 is 17.5 Å². The average Bonchev–Trinajstić information content (AvgIpc) is 2.38. The van der Waals surface area contributed by atoms with Gasteiger partial charge in [0.05, 0.1) is 11.6 Å². The van der Waals surface area contributed by atoms with Gasteiger partial charge in [-0.2, -0.15) is 4.98 Å². The van der Waals surface area contributed by atoms with Crippen LogP contribution in [0.15, 0.2) is 12.3 Å². The summed E-state index contributed by atoms with van der Waals surface area (Å²) in [6, 6.07) is 1.78. The van der Waals surface area contributed by atoms with Gasteiger partial charge in [0.25, 0.3) is 0 Å². The van der Waals surface area contributed by atoms with Gasteiger partial charge >= 0.3 is 0 Å². The number of alkyl halides is 1. The molecule has 0 bridgehead atoms. The van der Waals surface area contributed by atoms with Gasteiger partial charge < -0.3 is 10.1 Å². The van der Waals surface area contributed by atoms with Crippen LogP contribution in [0.3, 0.4) is 0 Å². The van der Waals surface area contributed by atoms with E-state index < -0.39 is 0 Å². The molecule has 5 heteroatoms. The number of nitrogens with zero attached hydrogens (tertiary/aromatic N) is 2. The van der Waals surface area contributed by atoms with Crippen LogP contribution in [-0.2, 0) is 0 Å². The Morgan fingerprint density at radius 1 is 1.55 bits per heavy atom. The Balaban J connectivity index is 2.11. The molecule has 0 amide bonds. The molecule has 0 radical (unpaired) electrons. The fourth-order valence-electron chi connectivity index (χ4n) is 2.88. The third-order valence-electron chi connectivity index (χ3n) is 3.71. The lowest BCUT2D eigenvalue weighted by atomic mass is 9.77. The van der Waals surface area contributed by atoms with E-state index in [4.69, 9.17) is 16.3 Å². The van der Waals surface area contributed by atoms with Gasteiger partial charge in [0.15, 0.2) is 0 Å². The highest BCUT2D eigenvalue weighted by molar-refractivity contribution is 6.18. The van der Waals surface area contributed by atoms with E-state index in [9.17, 15) is 0 Å². The van der Waals surface area contributed by atoms with Crippen molar-refractivity contribution in [2.24, 2.45) is 5.92 Å². The summed E-state index contributed by atoms with van der Waals surface area (Å²) in [5, 5.41) is 3.45. The zero-order chi connectivity index (χ0) is 14.6. The molecule has 2 unspecified atom stereocenters. The summed E-state index contributed by atoms with van der Waals surface area (Å²) in [5.74, 6) is 2.48. The van der Waals surface area contributed by atoms with Crippen molar-refractivity contribution in [3.8, 4) is 5.88 Å². The topological polar surface area (TPSA) is 47.0 Å². The summed E-state index contributed by atoms with van der Waals surface area (Å²) in [6.07, 6.45) is 6.44. The Kier molecular flexibility index (Phi) is 5.08. The Morgan fingerprint density at radius 2 is 2.35 bits per heavy atom. The molecule has 0 aromatic carbocycles. The second-order valence-electron chi connectivity index (χ2n) is 6.13. The summed E-state index contributed by atoms with van der Waals surface area (Å²) in [5.41, 5.74) is -0.0876. The van der Waals surface area contributed by atoms with E-state index in [0.717, 1.165) is 12.8 Å². The predicted molar refractivity (Wildman–Crippen MR) is 82.5 cm³/mol. The SMILES string of the molecule is CC1CCCC(CCl)(Nc2nccc(OC(C)C)n2)C1. The van der Waals surface area contributed by atoms with E-state index in [1.165, 1.54) is 12.8 Å². The van der Waals surface area contributed by atoms with Gasteiger partial charge in [0.2, 0.25) is 11.8 Å². The highest BCUT2D eigenvalue weighted by atomic mass is 35.5. The van der Waals surface area contributed by atoms with Gasteiger partial charge in [0.1, 0.15) is 0 Å². The third-order valence-corrected chi connectivity index (χ3v) is 4.22. The first kappa shape index (κ1) is 15.4. The van der Waals surface area contributed by atoms with Crippen LogP contribution in [0.1, 0.15) is 46.5 Å². The lowest BCUT2D eigenvalue weighted by molar-refractivity contribution is 0.232. The molecular weight excluding hydrogens is 274 g/mol. The van der Waals surface area contributed by atoms with Crippen molar-refractivity contribution in [1.29, 1.82) is 0 Å². The summed E-state index contributed by atoms with van der Waals surface area (Å²) in [4.78, 5) is 8.72. The second-order valence-corrected chi connectivity index (χ2v) is 6.39. The summed E-state index contributed by atoms with van der Waals surface area (Å²) >= 11 is 6.23. The molecule has 112 valence electrons. The second kappa shape index (κ2) is 6.61. The first-order chi connectivity index (χ1) is 9.53. The fraction of sp³-hybridized carbons (Fsp3) is 0.733. The predicted octanol–water partition coefficient (Wildman–Crippen LogP) is 3.86. The lowest BCUT2D eigenvalue weighted by Gasteiger charge is -2.39. The van der Waals surface area contributed by atoms with Crippen LogP contribution >= 0.6 is 11.6 Å². The maximum atomic E-state index is 6.23. The monoisotopic (exact) mass is 297 g/mol. The lowest BCUT2D eigenvalue weighted by Crippen LogP contribution is -2.44. The molecule has 1 N–H and O–H groups in total. The molecule has 1 heterocycles. The zero-order valence-corrected chi connectivity index (χ0v) is 13.3. The first-order valence-corrected chi connectivity index (χ1v) is 7.90. The number of anilines is 1. The van der Waals surface area contributed by atoms with E-state index >= 15 is 0 Å². The minimum Gasteiger partial charge on any atom is -0.475 e. The van der Waals surface area contributed by atoms with E-state index in [2.05, 4.69) is 22.2 Å². The van der Waals surface area contributed by atoms with Gasteiger partial charge in [0, 0.05) is 18.1 Å². The third kappa shape index (κ3) is 3.98. The van der Waals surface area contributed by atoms with Crippen LogP contribution in [-0.4, -0.2) is 27.5 Å². The van der Waals surface area contributed by atoms with Crippen LogP contribution in [0.25, 0.3) is 0 Å². The fourth-order valence-corrected chi connectivity index (χ4v) is 3.18. The Labute approximate surface area is 126 Å². The van der Waals surface area contributed by atoms with Crippen LogP contribution < -0.4 is 10.1 Å². The van der Waals surface area contributed by atoms with Crippen molar-refractivity contribution in [3.05, 3.63) is 12.3 Å². The number of hydrogen-bond donors (Lipinski definition) is 1. The van der Waals surface area contributed by atoms with Gasteiger partial charge in [-0.25, -0.2) is 4.98 Å². The van der Waals surface area contributed by atoms with Crippen LogP contribution in [0.4, 0.5) is 5.95 Å². The van der Waals surface area contributed by atoms with Crippen molar-refractivity contribution < 1.29 is 4.74 Å². The summed E-state index contributed by atoms with van der Waals surface area (Å²) in [7, 11) is 0. The highest BCUT2D eigenvalue weighted by Gasteiger charge is 2.34. The standard InChI is InChI=1S/C15H24ClN3O/c1-11(2)20-13-6-8-17-14(18-13)19-15(10-16)7-4-5-12(3)9-15/h6,8,11-12H,4-5,7,9-10H2,1-3H3,(H,17,18,19). The van der Waals surface area contributed by atoms with Gasteiger partial charge in [-0.1, -0.05) is 19.8 Å². The number of rotatable bonds is 5. The van der Waals surface area contributed by atoms with Crippen molar-refractivity contribution in [2.45, 2.75) is 58.1 Å². The normalized spacial score (nSPS) is 26.6. The molecule has 4 nitrogen and oxygen atoms in total. The summed E-state index contributed by atoms with van der Waals surface area (Å²) in [6.45, 7) is 6.25. The molecule has 0 saturated heterocycles. The maximum Gasteiger partial charge on any atom is 0.226 e. The quantitative estimate of drug-likeness (QED) is 0.838. The molecule has 1 fully saturated rings. The Bertz CT molecular complexity index is 441. The van der Waals surface area contributed by atoms with E-state index in [0.29, 0.717) is 23.6 Å². The first-order valence-electron chi connectivity index (χ1n) is 7.37. The van der Waals surface area contributed by atoms with Crippen LogP contribution in [0.2, 0.25) is 0 Å². The number of ether oxygens (including phenoxy) is 1. The Morgan fingerprint density at radius 3 is 3.00 bits per heavy atom. The smallest absolute Gasteiger partial charge is 0.226 e. The van der Waals surface area contributed by atoms with Crippen molar-refractivity contribution in [2.75, 3.05) is 11.2 Å². The number of hydrogen-bond acceptors (Lipinski definition) is 4. The van der Waals surface area contributed by atoms with E-state index in [1.54, 1.807) is 12.3 Å². The van der Waals surface area contributed by atoms with E-state index in [1.807, 2.05) is 13.8 Å². The largest absolute Gasteiger partial charge is 0.475 e. The molecule has 1 aliphatic carbocycles. The number of nitrogens with one attached hydrogen (secondary N) is 1. The van der Waals surface area contributed by atoms with Crippen LogP contribution in [0, 0.1) is 5.92 Å². The highest BCUT2D eigenvalue weighted by Crippen LogP contribution is 2.35. The van der Waals surface area contributed by atoms with Gasteiger partial charge in [-0.05, 0) is 32.6 Å². The van der Waals surface area contributed by atoms with Crippen molar-refractivity contribution in [3.63, 3.8) is 0 Å². The molecule has 1 saturated carbocycles.